The molecule has 1 heterocycles. The molecule has 1 amide bonds. The number of carbonyl (C=O) groups excluding carboxylic acids is 1. The molecule has 8 heteroatoms. The van der Waals surface area contributed by atoms with Gasteiger partial charge >= 0.3 is 0 Å². The molecule has 6 nitrogen and oxygen atoms in total. The minimum atomic E-state index is -3.55. The highest BCUT2D eigenvalue weighted by molar-refractivity contribution is 7.89. The number of carbonyl (C=O) groups is 1. The number of piperidine rings is 1. The van der Waals surface area contributed by atoms with Gasteiger partial charge in [0.1, 0.15) is 5.82 Å². The SMILES string of the molecule is Cc1ccc(NCC(=O)Nc2ccc(F)cc2)cc1S(=O)(=O)N1CCCCC1. The number of rotatable bonds is 6. The van der Waals surface area contributed by atoms with Crippen LogP contribution < -0.4 is 10.6 Å². The summed E-state index contributed by atoms with van der Waals surface area (Å²) in [5, 5.41) is 5.60. The molecule has 150 valence electrons. The van der Waals surface area contributed by atoms with Crippen LogP contribution in [0.5, 0.6) is 0 Å². The number of halogens is 1. The van der Waals surface area contributed by atoms with Crippen molar-refractivity contribution in [3.8, 4) is 0 Å². The van der Waals surface area contributed by atoms with E-state index in [0.29, 0.717) is 30.0 Å². The zero-order valence-electron chi connectivity index (χ0n) is 15.7. The Morgan fingerprint density at radius 2 is 1.68 bits per heavy atom. The molecule has 3 rings (SSSR count). The summed E-state index contributed by atoms with van der Waals surface area (Å²) < 4.78 is 40.4. The van der Waals surface area contributed by atoms with E-state index in [1.165, 1.54) is 28.6 Å². The van der Waals surface area contributed by atoms with Crippen molar-refractivity contribution >= 4 is 27.3 Å². The van der Waals surface area contributed by atoms with Crippen LogP contribution >= 0.6 is 0 Å². The van der Waals surface area contributed by atoms with E-state index in [2.05, 4.69) is 10.6 Å². The summed E-state index contributed by atoms with van der Waals surface area (Å²) >= 11 is 0. The molecule has 2 N–H and O–H groups in total. The van der Waals surface area contributed by atoms with E-state index >= 15 is 0 Å². The first-order valence-electron chi connectivity index (χ1n) is 9.26. The van der Waals surface area contributed by atoms with Crippen molar-refractivity contribution in [2.45, 2.75) is 31.1 Å². The van der Waals surface area contributed by atoms with Crippen LogP contribution in [0.25, 0.3) is 0 Å². The summed E-state index contributed by atoms with van der Waals surface area (Å²) in [5.41, 5.74) is 1.72. The van der Waals surface area contributed by atoms with Gasteiger partial charge in [-0.25, -0.2) is 12.8 Å². The Kier molecular flexibility index (Phi) is 6.31. The summed E-state index contributed by atoms with van der Waals surface area (Å²) in [7, 11) is -3.55. The minimum Gasteiger partial charge on any atom is -0.376 e. The Labute approximate surface area is 164 Å². The summed E-state index contributed by atoms with van der Waals surface area (Å²) in [6.45, 7) is 2.81. The standard InChI is InChI=1S/C20H24FN3O3S/c1-15-5-8-18(13-19(15)28(26,27)24-11-3-2-4-12-24)22-14-20(25)23-17-9-6-16(21)7-10-17/h5-10,13,22H,2-4,11-12,14H2,1H3,(H,23,25). The van der Waals surface area contributed by atoms with Crippen molar-refractivity contribution in [3.05, 3.63) is 53.8 Å². The number of benzene rings is 2. The molecule has 1 aliphatic rings. The van der Waals surface area contributed by atoms with Crippen LogP contribution in [0.1, 0.15) is 24.8 Å². The molecular weight excluding hydrogens is 381 g/mol. The molecule has 0 atom stereocenters. The number of aryl methyl sites for hydroxylation is 1. The summed E-state index contributed by atoms with van der Waals surface area (Å²) in [6, 6.07) is 10.5. The molecular formula is C20H24FN3O3S. The highest BCUT2D eigenvalue weighted by Gasteiger charge is 2.27. The topological polar surface area (TPSA) is 78.5 Å². The lowest BCUT2D eigenvalue weighted by molar-refractivity contribution is -0.114. The van der Waals surface area contributed by atoms with Gasteiger partial charge in [0.05, 0.1) is 11.4 Å². The Bertz CT molecular complexity index is 940. The first-order chi connectivity index (χ1) is 13.4. The molecule has 1 fully saturated rings. The van der Waals surface area contributed by atoms with Gasteiger partial charge in [-0.3, -0.25) is 4.79 Å². The lowest BCUT2D eigenvalue weighted by atomic mass is 10.2. The van der Waals surface area contributed by atoms with Gasteiger partial charge < -0.3 is 10.6 Å². The zero-order valence-corrected chi connectivity index (χ0v) is 16.6. The molecule has 0 aromatic heterocycles. The maximum absolute atomic E-state index is 13.0. The lowest BCUT2D eigenvalue weighted by Gasteiger charge is -2.26. The number of hydrogen-bond acceptors (Lipinski definition) is 4. The minimum absolute atomic E-state index is 0.0381. The fourth-order valence-corrected chi connectivity index (χ4v) is 4.92. The van der Waals surface area contributed by atoms with E-state index in [0.717, 1.165) is 19.3 Å². The van der Waals surface area contributed by atoms with Crippen LogP contribution in [-0.4, -0.2) is 38.3 Å². The number of sulfonamides is 1. The van der Waals surface area contributed by atoms with Gasteiger partial charge in [0.2, 0.25) is 15.9 Å². The summed E-state index contributed by atoms with van der Waals surface area (Å²) in [4.78, 5) is 12.3. The van der Waals surface area contributed by atoms with Crippen molar-refractivity contribution in [1.29, 1.82) is 0 Å². The Balaban J connectivity index is 1.67. The van der Waals surface area contributed by atoms with Crippen molar-refractivity contribution < 1.29 is 17.6 Å². The Morgan fingerprint density at radius 1 is 1.04 bits per heavy atom. The van der Waals surface area contributed by atoms with Gasteiger partial charge in [-0.05, 0) is 61.7 Å². The van der Waals surface area contributed by atoms with E-state index in [1.807, 2.05) is 0 Å². The van der Waals surface area contributed by atoms with Crippen LogP contribution in [-0.2, 0) is 14.8 Å². The van der Waals surface area contributed by atoms with E-state index in [9.17, 15) is 17.6 Å². The fraction of sp³-hybridized carbons (Fsp3) is 0.350. The summed E-state index contributed by atoms with van der Waals surface area (Å²) in [5.74, 6) is -0.689. The van der Waals surface area contributed by atoms with Gasteiger partial charge in [-0.2, -0.15) is 4.31 Å². The second-order valence-corrected chi connectivity index (χ2v) is 8.76. The monoisotopic (exact) mass is 405 g/mol. The summed E-state index contributed by atoms with van der Waals surface area (Å²) in [6.07, 6.45) is 2.80. The molecule has 2 aromatic rings. The third-order valence-electron chi connectivity index (χ3n) is 4.70. The third-order valence-corrected chi connectivity index (χ3v) is 6.74. The lowest BCUT2D eigenvalue weighted by Crippen LogP contribution is -2.36. The second kappa shape index (κ2) is 8.70. The number of amides is 1. The first kappa shape index (κ1) is 20.3. The molecule has 0 bridgehead atoms. The average Bonchev–Trinajstić information content (AvgIpc) is 2.69. The normalized spacial score (nSPS) is 15.2. The molecule has 1 saturated heterocycles. The number of hydrogen-bond donors (Lipinski definition) is 2. The van der Waals surface area contributed by atoms with E-state index in [1.54, 1.807) is 25.1 Å². The molecule has 1 aliphatic heterocycles. The van der Waals surface area contributed by atoms with Crippen LogP contribution in [0.4, 0.5) is 15.8 Å². The van der Waals surface area contributed by atoms with Crippen LogP contribution in [0.2, 0.25) is 0 Å². The Hall–Kier alpha value is -2.45. The van der Waals surface area contributed by atoms with Crippen LogP contribution in [0, 0.1) is 12.7 Å². The Morgan fingerprint density at radius 3 is 2.36 bits per heavy atom. The smallest absolute Gasteiger partial charge is 0.243 e. The van der Waals surface area contributed by atoms with Gasteiger partial charge in [-0.1, -0.05) is 12.5 Å². The molecule has 0 saturated carbocycles. The van der Waals surface area contributed by atoms with Crippen LogP contribution in [0.3, 0.4) is 0 Å². The van der Waals surface area contributed by atoms with Crippen molar-refractivity contribution in [2.75, 3.05) is 30.3 Å². The van der Waals surface area contributed by atoms with E-state index < -0.39 is 10.0 Å². The fourth-order valence-electron chi connectivity index (χ4n) is 3.15. The second-order valence-electron chi connectivity index (χ2n) is 6.85. The molecule has 0 spiro atoms. The quantitative estimate of drug-likeness (QED) is 0.773. The molecule has 0 aliphatic carbocycles. The zero-order chi connectivity index (χ0) is 20.1. The third kappa shape index (κ3) is 4.88. The van der Waals surface area contributed by atoms with Gasteiger partial charge in [0.25, 0.3) is 0 Å². The number of nitrogens with one attached hydrogen (secondary N) is 2. The average molecular weight is 405 g/mol. The van der Waals surface area contributed by atoms with Crippen molar-refractivity contribution in [2.24, 2.45) is 0 Å². The predicted molar refractivity (Wildman–Crippen MR) is 107 cm³/mol. The molecule has 0 radical (unpaired) electrons. The predicted octanol–water partition coefficient (Wildman–Crippen LogP) is 3.36. The largest absolute Gasteiger partial charge is 0.376 e. The van der Waals surface area contributed by atoms with Gasteiger partial charge in [-0.15, -0.1) is 0 Å². The highest BCUT2D eigenvalue weighted by atomic mass is 32.2. The first-order valence-corrected chi connectivity index (χ1v) is 10.7. The number of nitrogens with zero attached hydrogens (tertiary/aromatic N) is 1. The maximum atomic E-state index is 13.0. The van der Waals surface area contributed by atoms with E-state index in [4.69, 9.17) is 0 Å². The van der Waals surface area contributed by atoms with Gasteiger partial charge in [0.15, 0.2) is 0 Å². The molecule has 2 aromatic carbocycles. The highest BCUT2D eigenvalue weighted by Crippen LogP contribution is 2.26. The van der Waals surface area contributed by atoms with Gasteiger partial charge in [0, 0.05) is 24.5 Å². The van der Waals surface area contributed by atoms with Crippen LogP contribution in [0.15, 0.2) is 47.4 Å². The molecule has 28 heavy (non-hydrogen) atoms. The van der Waals surface area contributed by atoms with Crippen molar-refractivity contribution in [3.63, 3.8) is 0 Å². The van der Waals surface area contributed by atoms with Crippen molar-refractivity contribution in [1.82, 2.24) is 4.31 Å². The maximum Gasteiger partial charge on any atom is 0.243 e. The van der Waals surface area contributed by atoms with E-state index in [-0.39, 0.29) is 23.2 Å². The number of anilines is 2. The molecule has 0 unspecified atom stereocenters.